The van der Waals surface area contributed by atoms with E-state index in [4.69, 9.17) is 4.42 Å². The molecular formula is C17H21NO3S. The van der Waals surface area contributed by atoms with Gasteiger partial charge < -0.3 is 4.42 Å². The highest BCUT2D eigenvalue weighted by Crippen LogP contribution is 2.29. The number of hydrogen-bond donors (Lipinski definition) is 0. The largest absolute Gasteiger partial charge is 0.469 e. The van der Waals surface area contributed by atoms with Gasteiger partial charge in [-0.1, -0.05) is 30.3 Å². The van der Waals surface area contributed by atoms with Crippen LogP contribution in [-0.2, 0) is 16.4 Å². The van der Waals surface area contributed by atoms with Crippen molar-refractivity contribution in [1.82, 2.24) is 4.31 Å². The second kappa shape index (κ2) is 6.67. The van der Waals surface area contributed by atoms with E-state index in [0.717, 1.165) is 18.6 Å². The summed E-state index contributed by atoms with van der Waals surface area (Å²) in [7, 11) is -3.16. The Morgan fingerprint density at radius 2 is 1.95 bits per heavy atom. The summed E-state index contributed by atoms with van der Waals surface area (Å²) >= 11 is 0. The molecule has 0 N–H and O–H groups in total. The van der Waals surface area contributed by atoms with Gasteiger partial charge in [0.2, 0.25) is 10.0 Å². The molecule has 1 aliphatic rings. The van der Waals surface area contributed by atoms with Crippen LogP contribution in [0.15, 0.2) is 53.1 Å². The molecule has 0 bridgehead atoms. The number of benzene rings is 1. The summed E-state index contributed by atoms with van der Waals surface area (Å²) in [4.78, 5) is 0. The minimum absolute atomic E-state index is 0.193. The second-order valence-corrected chi connectivity index (χ2v) is 7.85. The first-order valence-electron chi connectivity index (χ1n) is 7.70. The lowest BCUT2D eigenvalue weighted by Gasteiger charge is -2.16. The molecule has 1 unspecified atom stereocenters. The van der Waals surface area contributed by atoms with E-state index in [1.165, 1.54) is 5.56 Å². The summed E-state index contributed by atoms with van der Waals surface area (Å²) in [6, 6.07) is 13.8. The third-order valence-corrected chi connectivity index (χ3v) is 6.12. The molecule has 0 aliphatic carbocycles. The van der Waals surface area contributed by atoms with Crippen molar-refractivity contribution in [2.75, 3.05) is 18.8 Å². The van der Waals surface area contributed by atoms with E-state index in [9.17, 15) is 8.42 Å². The van der Waals surface area contributed by atoms with Crippen molar-refractivity contribution in [1.29, 1.82) is 0 Å². The van der Waals surface area contributed by atoms with Gasteiger partial charge in [-0.15, -0.1) is 0 Å². The van der Waals surface area contributed by atoms with E-state index in [1.807, 2.05) is 42.5 Å². The zero-order chi connectivity index (χ0) is 15.4. The molecule has 0 saturated carbocycles. The van der Waals surface area contributed by atoms with Crippen molar-refractivity contribution in [3.05, 3.63) is 60.1 Å². The molecule has 5 heteroatoms. The molecule has 1 atom stereocenters. The minimum atomic E-state index is -3.16. The highest BCUT2D eigenvalue weighted by atomic mass is 32.2. The van der Waals surface area contributed by atoms with Crippen molar-refractivity contribution in [2.24, 2.45) is 0 Å². The molecule has 4 nitrogen and oxygen atoms in total. The van der Waals surface area contributed by atoms with Gasteiger partial charge in [0.25, 0.3) is 0 Å². The molecule has 1 saturated heterocycles. The van der Waals surface area contributed by atoms with Crippen LogP contribution >= 0.6 is 0 Å². The summed E-state index contributed by atoms with van der Waals surface area (Å²) in [5, 5.41) is 0. The molecular weight excluding hydrogens is 298 g/mol. The van der Waals surface area contributed by atoms with Crippen LogP contribution in [0.1, 0.15) is 30.1 Å². The van der Waals surface area contributed by atoms with Crippen LogP contribution in [0, 0.1) is 0 Å². The van der Waals surface area contributed by atoms with Crippen molar-refractivity contribution >= 4 is 10.0 Å². The molecule has 0 radical (unpaired) electrons. The summed E-state index contributed by atoms with van der Waals surface area (Å²) in [5.74, 6) is 1.30. The second-order valence-electron chi connectivity index (χ2n) is 5.76. The quantitative estimate of drug-likeness (QED) is 0.822. The Morgan fingerprint density at radius 3 is 2.68 bits per heavy atom. The highest BCUT2D eigenvalue weighted by molar-refractivity contribution is 7.89. The topological polar surface area (TPSA) is 50.5 Å². The summed E-state index contributed by atoms with van der Waals surface area (Å²) in [5.41, 5.74) is 1.19. The van der Waals surface area contributed by atoms with Crippen LogP contribution in [0.4, 0.5) is 0 Å². The van der Waals surface area contributed by atoms with Crippen molar-refractivity contribution in [3.63, 3.8) is 0 Å². The predicted octanol–water partition coefficient (Wildman–Crippen LogP) is 3.03. The predicted molar refractivity (Wildman–Crippen MR) is 86.2 cm³/mol. The summed E-state index contributed by atoms with van der Waals surface area (Å²) in [6.07, 6.45) is 3.95. The van der Waals surface area contributed by atoms with Crippen molar-refractivity contribution in [3.8, 4) is 0 Å². The maximum Gasteiger partial charge on any atom is 0.214 e. The number of aryl methyl sites for hydroxylation is 1. The molecule has 22 heavy (non-hydrogen) atoms. The van der Waals surface area contributed by atoms with Crippen LogP contribution in [0.3, 0.4) is 0 Å². The Morgan fingerprint density at radius 1 is 1.14 bits per heavy atom. The number of furan rings is 1. The molecule has 1 aromatic carbocycles. The van der Waals surface area contributed by atoms with Crippen LogP contribution in [-0.4, -0.2) is 31.6 Å². The van der Waals surface area contributed by atoms with Crippen LogP contribution < -0.4 is 0 Å². The normalized spacial score (nSPS) is 19.5. The summed E-state index contributed by atoms with van der Waals surface area (Å²) in [6.45, 7) is 1.14. The first-order chi connectivity index (χ1) is 10.6. The zero-order valence-corrected chi connectivity index (χ0v) is 13.3. The maximum atomic E-state index is 12.4. The van der Waals surface area contributed by atoms with E-state index in [-0.39, 0.29) is 11.7 Å². The fourth-order valence-electron chi connectivity index (χ4n) is 2.97. The average Bonchev–Trinajstić information content (AvgIpc) is 3.19. The molecule has 2 heterocycles. The molecule has 2 aromatic rings. The minimum Gasteiger partial charge on any atom is -0.469 e. The van der Waals surface area contributed by atoms with Crippen LogP contribution in [0.2, 0.25) is 0 Å². The Kier molecular flexibility index (Phi) is 4.64. The van der Waals surface area contributed by atoms with Gasteiger partial charge in [-0.05, 0) is 37.0 Å². The lowest BCUT2D eigenvalue weighted by atomic mass is 10.1. The standard InChI is InChI=1S/C17H21NO3S/c19-22(20,13-5-8-15-6-2-1-3-7-15)18-11-10-16(14-18)17-9-4-12-21-17/h1-4,6-7,9,12,16H,5,8,10-11,13-14H2. The average molecular weight is 319 g/mol. The van der Waals surface area contributed by atoms with Gasteiger partial charge in [-0.3, -0.25) is 0 Å². The first kappa shape index (κ1) is 15.3. The van der Waals surface area contributed by atoms with Gasteiger partial charge in [0.05, 0.1) is 12.0 Å². The van der Waals surface area contributed by atoms with Gasteiger partial charge in [0.15, 0.2) is 0 Å². The first-order valence-corrected chi connectivity index (χ1v) is 9.31. The van der Waals surface area contributed by atoms with E-state index in [1.54, 1.807) is 10.6 Å². The molecule has 0 spiro atoms. The molecule has 3 rings (SSSR count). The lowest BCUT2D eigenvalue weighted by Crippen LogP contribution is -2.31. The summed E-state index contributed by atoms with van der Waals surface area (Å²) < 4.78 is 31.9. The fourth-order valence-corrected chi connectivity index (χ4v) is 4.53. The van der Waals surface area contributed by atoms with Crippen molar-refractivity contribution < 1.29 is 12.8 Å². The molecule has 0 amide bonds. The fraction of sp³-hybridized carbons (Fsp3) is 0.412. The Labute approximate surface area is 131 Å². The van der Waals surface area contributed by atoms with Gasteiger partial charge in [-0.25, -0.2) is 12.7 Å². The molecule has 1 aliphatic heterocycles. The monoisotopic (exact) mass is 319 g/mol. The third kappa shape index (κ3) is 3.59. The SMILES string of the molecule is O=S(=O)(CCCc1ccccc1)N1CCC(c2ccco2)C1. The zero-order valence-electron chi connectivity index (χ0n) is 12.5. The number of sulfonamides is 1. The smallest absolute Gasteiger partial charge is 0.214 e. The Bertz CT molecular complexity index is 680. The van der Waals surface area contributed by atoms with Crippen molar-refractivity contribution in [2.45, 2.75) is 25.2 Å². The van der Waals surface area contributed by atoms with Crippen LogP contribution in [0.5, 0.6) is 0 Å². The van der Waals surface area contributed by atoms with E-state index >= 15 is 0 Å². The Hall–Kier alpha value is -1.59. The van der Waals surface area contributed by atoms with Gasteiger partial charge in [0, 0.05) is 19.0 Å². The highest BCUT2D eigenvalue weighted by Gasteiger charge is 2.32. The van der Waals surface area contributed by atoms with E-state index < -0.39 is 10.0 Å². The number of nitrogens with zero attached hydrogens (tertiary/aromatic N) is 1. The number of hydrogen-bond acceptors (Lipinski definition) is 3. The third-order valence-electron chi connectivity index (χ3n) is 4.20. The van der Waals surface area contributed by atoms with Gasteiger partial charge in [-0.2, -0.15) is 0 Å². The molecule has 1 aromatic heterocycles. The Balaban J connectivity index is 1.53. The van der Waals surface area contributed by atoms with Gasteiger partial charge >= 0.3 is 0 Å². The molecule has 118 valence electrons. The maximum absolute atomic E-state index is 12.4. The molecule has 1 fully saturated rings. The van der Waals surface area contributed by atoms with E-state index in [0.29, 0.717) is 19.5 Å². The van der Waals surface area contributed by atoms with E-state index in [2.05, 4.69) is 0 Å². The lowest BCUT2D eigenvalue weighted by molar-refractivity contribution is 0.444. The number of rotatable bonds is 6. The van der Waals surface area contributed by atoms with Gasteiger partial charge in [0.1, 0.15) is 5.76 Å². The van der Waals surface area contributed by atoms with Crippen LogP contribution in [0.25, 0.3) is 0 Å².